The molecule has 1 aromatic rings. The average Bonchev–Trinajstić information content (AvgIpc) is 2.64. The SMILES string of the molecule is Cc1ccn([C@@H]2O[C@@](CO)(CCl)[C@@H](O)[C@H]2F)c(=O)n1. The zero-order valence-corrected chi connectivity index (χ0v) is 10.9. The van der Waals surface area contributed by atoms with E-state index in [4.69, 9.17) is 16.3 Å². The Balaban J connectivity index is 2.39. The van der Waals surface area contributed by atoms with Crippen LogP contribution in [0.15, 0.2) is 17.1 Å². The highest BCUT2D eigenvalue weighted by molar-refractivity contribution is 6.18. The van der Waals surface area contributed by atoms with Gasteiger partial charge in [-0.05, 0) is 13.0 Å². The van der Waals surface area contributed by atoms with Crippen molar-refractivity contribution in [2.24, 2.45) is 0 Å². The summed E-state index contributed by atoms with van der Waals surface area (Å²) in [7, 11) is 0. The summed E-state index contributed by atoms with van der Waals surface area (Å²) >= 11 is 5.63. The van der Waals surface area contributed by atoms with Gasteiger partial charge in [-0.15, -0.1) is 11.6 Å². The second-order valence-corrected chi connectivity index (χ2v) is 4.78. The van der Waals surface area contributed by atoms with Gasteiger partial charge in [-0.1, -0.05) is 0 Å². The molecule has 4 atom stereocenters. The van der Waals surface area contributed by atoms with Crippen molar-refractivity contribution in [2.75, 3.05) is 12.5 Å². The predicted octanol–water partition coefficient (Wildman–Crippen LogP) is -0.251. The lowest BCUT2D eigenvalue weighted by Gasteiger charge is -2.26. The number of hydrogen-bond acceptors (Lipinski definition) is 5. The Morgan fingerprint density at radius 1 is 1.68 bits per heavy atom. The molecule has 1 aliphatic rings. The van der Waals surface area contributed by atoms with Gasteiger partial charge in [0, 0.05) is 11.9 Å². The summed E-state index contributed by atoms with van der Waals surface area (Å²) in [5.74, 6) is -0.296. The summed E-state index contributed by atoms with van der Waals surface area (Å²) in [6.07, 6.45) is -3.53. The molecule has 0 amide bonds. The summed E-state index contributed by atoms with van der Waals surface area (Å²) in [5.41, 5.74) is -1.82. The lowest BCUT2D eigenvalue weighted by Crippen LogP contribution is -2.47. The molecule has 6 nitrogen and oxygen atoms in total. The first-order chi connectivity index (χ1) is 8.95. The van der Waals surface area contributed by atoms with Crippen molar-refractivity contribution in [1.29, 1.82) is 0 Å². The zero-order valence-electron chi connectivity index (χ0n) is 10.2. The van der Waals surface area contributed by atoms with E-state index >= 15 is 0 Å². The third-order valence-corrected chi connectivity index (χ3v) is 3.66. The fourth-order valence-corrected chi connectivity index (χ4v) is 2.31. The quantitative estimate of drug-likeness (QED) is 0.751. The van der Waals surface area contributed by atoms with Crippen LogP contribution >= 0.6 is 11.6 Å². The Morgan fingerprint density at radius 3 is 2.84 bits per heavy atom. The average molecular weight is 293 g/mol. The molecule has 0 aromatic carbocycles. The maximum atomic E-state index is 14.1. The minimum absolute atomic E-state index is 0.296. The van der Waals surface area contributed by atoms with Crippen LogP contribution in [0.2, 0.25) is 0 Å². The Kier molecular flexibility index (Phi) is 3.91. The highest BCUT2D eigenvalue weighted by Crippen LogP contribution is 2.38. The van der Waals surface area contributed by atoms with Gasteiger partial charge >= 0.3 is 5.69 Å². The first-order valence-electron chi connectivity index (χ1n) is 5.68. The van der Waals surface area contributed by atoms with Gasteiger partial charge in [-0.3, -0.25) is 4.57 Å². The van der Waals surface area contributed by atoms with Crippen LogP contribution in [-0.2, 0) is 4.74 Å². The maximum Gasteiger partial charge on any atom is 0.349 e. The van der Waals surface area contributed by atoms with Gasteiger partial charge in [-0.2, -0.15) is 4.98 Å². The first-order valence-corrected chi connectivity index (χ1v) is 6.21. The molecule has 106 valence electrons. The standard InChI is InChI=1S/C11H14ClFN2O4/c1-6-2-3-15(10(18)14-6)9-7(13)8(17)11(4-12,5-16)19-9/h2-3,7-9,16-17H,4-5H2,1H3/t7-,8+,9-,11-/m1/s1. The number of aromatic nitrogens is 2. The normalized spacial score (nSPS) is 34.7. The topological polar surface area (TPSA) is 84.6 Å². The van der Waals surface area contributed by atoms with Crippen LogP contribution in [0.4, 0.5) is 4.39 Å². The monoisotopic (exact) mass is 292 g/mol. The van der Waals surface area contributed by atoms with E-state index in [1.807, 2.05) is 0 Å². The summed E-state index contributed by atoms with van der Waals surface area (Å²) in [6.45, 7) is 0.975. The molecule has 2 rings (SSSR count). The Morgan fingerprint density at radius 2 is 2.37 bits per heavy atom. The van der Waals surface area contributed by atoms with E-state index in [2.05, 4.69) is 4.98 Å². The molecule has 0 saturated carbocycles. The zero-order chi connectivity index (χ0) is 14.2. The third kappa shape index (κ3) is 2.27. The minimum atomic E-state index is -1.88. The molecule has 0 unspecified atom stereocenters. The number of aryl methyl sites for hydroxylation is 1. The van der Waals surface area contributed by atoms with Gasteiger partial charge < -0.3 is 14.9 Å². The van der Waals surface area contributed by atoms with Crippen LogP contribution in [-0.4, -0.2) is 50.1 Å². The number of ether oxygens (including phenoxy) is 1. The molecule has 0 aliphatic carbocycles. The van der Waals surface area contributed by atoms with Crippen molar-refractivity contribution in [3.8, 4) is 0 Å². The van der Waals surface area contributed by atoms with Crippen molar-refractivity contribution in [3.05, 3.63) is 28.4 Å². The fraction of sp³-hybridized carbons (Fsp3) is 0.636. The number of hydrogen-bond donors (Lipinski definition) is 2. The number of halogens is 2. The van der Waals surface area contributed by atoms with Gasteiger partial charge in [0.05, 0.1) is 12.5 Å². The van der Waals surface area contributed by atoms with E-state index in [1.54, 1.807) is 6.92 Å². The van der Waals surface area contributed by atoms with Crippen LogP contribution in [0.1, 0.15) is 11.9 Å². The summed E-state index contributed by atoms with van der Waals surface area (Å²) < 4.78 is 20.3. The van der Waals surface area contributed by atoms with E-state index in [-0.39, 0.29) is 5.88 Å². The number of aliphatic hydroxyl groups is 2. The van der Waals surface area contributed by atoms with Crippen LogP contribution in [0.3, 0.4) is 0 Å². The van der Waals surface area contributed by atoms with E-state index in [9.17, 15) is 19.4 Å². The van der Waals surface area contributed by atoms with Gasteiger partial charge in [0.2, 0.25) is 0 Å². The van der Waals surface area contributed by atoms with E-state index < -0.39 is 36.4 Å². The molecular formula is C11H14ClFN2O4. The summed E-state index contributed by atoms with van der Waals surface area (Å²) in [6, 6.07) is 1.52. The summed E-state index contributed by atoms with van der Waals surface area (Å²) in [5, 5.41) is 19.0. The highest BCUT2D eigenvalue weighted by Gasteiger charge is 2.55. The van der Waals surface area contributed by atoms with Gasteiger partial charge in [0.15, 0.2) is 12.4 Å². The molecule has 1 aromatic heterocycles. The smallest absolute Gasteiger partial charge is 0.349 e. The largest absolute Gasteiger partial charge is 0.393 e. The number of rotatable bonds is 3. The third-order valence-electron chi connectivity index (χ3n) is 3.21. The molecule has 0 radical (unpaired) electrons. The molecule has 2 N–H and O–H groups in total. The van der Waals surface area contributed by atoms with E-state index in [0.717, 1.165) is 4.57 Å². The van der Waals surface area contributed by atoms with Gasteiger partial charge in [-0.25, -0.2) is 9.18 Å². The van der Waals surface area contributed by atoms with Crippen molar-refractivity contribution >= 4 is 11.6 Å². The maximum absolute atomic E-state index is 14.1. The van der Waals surface area contributed by atoms with Crippen LogP contribution in [0.5, 0.6) is 0 Å². The first kappa shape index (κ1) is 14.4. The predicted molar refractivity (Wildman–Crippen MR) is 64.8 cm³/mol. The molecule has 1 saturated heterocycles. The minimum Gasteiger partial charge on any atom is -0.393 e. The molecule has 2 heterocycles. The summed E-state index contributed by atoms with van der Waals surface area (Å²) in [4.78, 5) is 15.4. The molecule has 19 heavy (non-hydrogen) atoms. The number of nitrogens with zero attached hydrogens (tertiary/aromatic N) is 2. The molecule has 8 heteroatoms. The molecular weight excluding hydrogens is 279 g/mol. The lowest BCUT2D eigenvalue weighted by atomic mass is 9.99. The second kappa shape index (κ2) is 5.16. The van der Waals surface area contributed by atoms with Crippen molar-refractivity contribution < 1.29 is 19.3 Å². The lowest BCUT2D eigenvalue weighted by molar-refractivity contribution is -0.115. The second-order valence-electron chi connectivity index (χ2n) is 4.51. The van der Waals surface area contributed by atoms with E-state index in [0.29, 0.717) is 5.69 Å². The Labute approximate surface area is 113 Å². The number of alkyl halides is 2. The fourth-order valence-electron chi connectivity index (χ4n) is 2.01. The van der Waals surface area contributed by atoms with Crippen LogP contribution in [0.25, 0.3) is 0 Å². The van der Waals surface area contributed by atoms with Gasteiger partial charge in [0.25, 0.3) is 0 Å². The molecule has 0 bridgehead atoms. The van der Waals surface area contributed by atoms with Crippen LogP contribution in [0, 0.1) is 6.92 Å². The molecule has 1 aliphatic heterocycles. The number of aliphatic hydroxyl groups excluding tert-OH is 2. The van der Waals surface area contributed by atoms with Crippen molar-refractivity contribution in [3.63, 3.8) is 0 Å². The van der Waals surface area contributed by atoms with Crippen LogP contribution < -0.4 is 5.69 Å². The molecule has 0 spiro atoms. The van der Waals surface area contributed by atoms with Crippen molar-refractivity contribution in [2.45, 2.75) is 31.0 Å². The van der Waals surface area contributed by atoms with E-state index in [1.165, 1.54) is 12.3 Å². The van der Waals surface area contributed by atoms with Crippen molar-refractivity contribution in [1.82, 2.24) is 9.55 Å². The highest BCUT2D eigenvalue weighted by atomic mass is 35.5. The Bertz CT molecular complexity index is 520. The Hall–Kier alpha value is -1.02. The molecule has 1 fully saturated rings. The van der Waals surface area contributed by atoms with Gasteiger partial charge in [0.1, 0.15) is 11.7 Å².